The average molecular weight is 377 g/mol. The van der Waals surface area contributed by atoms with Gasteiger partial charge in [-0.15, -0.1) is 0 Å². The molecule has 0 saturated heterocycles. The molecule has 122 valence electrons. The highest BCUT2D eigenvalue weighted by molar-refractivity contribution is 7.80. The van der Waals surface area contributed by atoms with Gasteiger partial charge in [0.25, 0.3) is 0 Å². The number of hydrogen-bond acceptors (Lipinski definition) is 2. The van der Waals surface area contributed by atoms with Crippen molar-refractivity contribution >= 4 is 51.9 Å². The van der Waals surface area contributed by atoms with E-state index < -0.39 is 6.61 Å². The van der Waals surface area contributed by atoms with Crippen LogP contribution in [-0.4, -0.2) is 11.7 Å². The van der Waals surface area contributed by atoms with E-state index in [1.54, 1.807) is 30.3 Å². The minimum absolute atomic E-state index is 0.00746. The zero-order valence-electron chi connectivity index (χ0n) is 11.9. The molecule has 2 rings (SSSR count). The van der Waals surface area contributed by atoms with Crippen molar-refractivity contribution in [1.29, 1.82) is 0 Å². The van der Waals surface area contributed by atoms with E-state index in [9.17, 15) is 8.78 Å². The summed E-state index contributed by atoms with van der Waals surface area (Å²) < 4.78 is 29.4. The molecule has 0 aliphatic rings. The van der Waals surface area contributed by atoms with Gasteiger partial charge in [0, 0.05) is 5.02 Å². The van der Waals surface area contributed by atoms with Crippen molar-refractivity contribution in [1.82, 2.24) is 0 Å². The number of alkyl halides is 2. The zero-order valence-corrected chi connectivity index (χ0v) is 14.2. The lowest BCUT2D eigenvalue weighted by Gasteiger charge is -2.15. The quantitative estimate of drug-likeness (QED) is 0.669. The minimum atomic E-state index is -2.93. The van der Waals surface area contributed by atoms with Gasteiger partial charge in [-0.2, -0.15) is 8.78 Å². The van der Waals surface area contributed by atoms with Crippen molar-refractivity contribution in [2.45, 2.75) is 13.5 Å². The first-order valence-corrected chi connectivity index (χ1v) is 7.60. The molecule has 0 heterocycles. The average Bonchev–Trinajstić information content (AvgIpc) is 2.45. The molecule has 0 saturated carbocycles. The van der Waals surface area contributed by atoms with Crippen LogP contribution in [0.4, 0.5) is 20.2 Å². The summed E-state index contributed by atoms with van der Waals surface area (Å²) >= 11 is 17.1. The lowest BCUT2D eigenvalue weighted by Crippen LogP contribution is -2.20. The van der Waals surface area contributed by atoms with Crippen LogP contribution in [0.3, 0.4) is 0 Å². The maximum atomic E-state index is 12.5. The molecule has 2 N–H and O–H groups in total. The summed E-state index contributed by atoms with van der Waals surface area (Å²) in [7, 11) is 0. The maximum Gasteiger partial charge on any atom is 0.387 e. The van der Waals surface area contributed by atoms with E-state index in [-0.39, 0.29) is 10.9 Å². The fourth-order valence-electron chi connectivity index (χ4n) is 1.81. The first-order valence-electron chi connectivity index (χ1n) is 6.43. The van der Waals surface area contributed by atoms with Crippen molar-refractivity contribution in [3.8, 4) is 5.75 Å². The van der Waals surface area contributed by atoms with Crippen molar-refractivity contribution in [2.75, 3.05) is 10.6 Å². The van der Waals surface area contributed by atoms with E-state index in [4.69, 9.17) is 35.4 Å². The van der Waals surface area contributed by atoms with Crippen molar-refractivity contribution in [3.63, 3.8) is 0 Å². The van der Waals surface area contributed by atoms with Crippen LogP contribution >= 0.6 is 35.4 Å². The summed E-state index contributed by atoms with van der Waals surface area (Å²) in [5, 5.41) is 6.74. The Morgan fingerprint density at radius 1 is 1.09 bits per heavy atom. The van der Waals surface area contributed by atoms with Gasteiger partial charge in [-0.25, -0.2) is 0 Å². The molecule has 2 aromatic rings. The molecule has 3 nitrogen and oxygen atoms in total. The predicted octanol–water partition coefficient (Wildman–Crippen LogP) is 5.71. The number of rotatable bonds is 4. The van der Waals surface area contributed by atoms with Gasteiger partial charge in [0.05, 0.1) is 16.4 Å². The molecule has 0 unspecified atom stereocenters. The number of benzene rings is 2. The number of ether oxygens (including phenoxy) is 1. The zero-order chi connectivity index (χ0) is 17.0. The second-order valence-electron chi connectivity index (χ2n) is 4.58. The highest BCUT2D eigenvalue weighted by Crippen LogP contribution is 2.29. The molecule has 0 bridgehead atoms. The van der Waals surface area contributed by atoms with Gasteiger partial charge in [0.1, 0.15) is 5.75 Å². The van der Waals surface area contributed by atoms with Gasteiger partial charge in [0.2, 0.25) is 0 Å². The highest BCUT2D eigenvalue weighted by atomic mass is 35.5. The highest BCUT2D eigenvalue weighted by Gasteiger charge is 2.12. The third kappa shape index (κ3) is 5.20. The van der Waals surface area contributed by atoms with E-state index in [2.05, 4.69) is 15.4 Å². The van der Waals surface area contributed by atoms with E-state index >= 15 is 0 Å². The molecule has 0 radical (unpaired) electrons. The molecule has 2 aromatic carbocycles. The van der Waals surface area contributed by atoms with E-state index in [0.717, 1.165) is 5.56 Å². The van der Waals surface area contributed by atoms with E-state index in [0.29, 0.717) is 21.4 Å². The Morgan fingerprint density at radius 2 is 1.78 bits per heavy atom. The molecule has 0 spiro atoms. The Labute approximate surface area is 147 Å². The topological polar surface area (TPSA) is 33.3 Å². The molecule has 0 atom stereocenters. The SMILES string of the molecule is Cc1ccc(OC(F)F)c(NC(=S)Nc2cc(Cl)ccc2Cl)c1. The van der Waals surface area contributed by atoms with Crippen molar-refractivity contribution < 1.29 is 13.5 Å². The smallest absolute Gasteiger partial charge is 0.387 e. The normalized spacial score (nSPS) is 10.5. The molecular weight excluding hydrogens is 365 g/mol. The second-order valence-corrected chi connectivity index (χ2v) is 5.83. The first kappa shape index (κ1) is 17.7. The largest absolute Gasteiger partial charge is 0.433 e. The number of anilines is 2. The molecule has 0 aromatic heterocycles. The Balaban J connectivity index is 2.16. The van der Waals surface area contributed by atoms with Crippen LogP contribution in [0, 0.1) is 6.92 Å². The van der Waals surface area contributed by atoms with Gasteiger partial charge in [-0.3, -0.25) is 0 Å². The van der Waals surface area contributed by atoms with Crippen molar-refractivity contribution in [2.24, 2.45) is 0 Å². The summed E-state index contributed by atoms with van der Waals surface area (Å²) in [5.74, 6) is -0.00746. The van der Waals surface area contributed by atoms with Gasteiger partial charge in [0.15, 0.2) is 5.11 Å². The second kappa shape index (κ2) is 7.77. The van der Waals surface area contributed by atoms with Crippen LogP contribution in [0.5, 0.6) is 5.75 Å². The summed E-state index contributed by atoms with van der Waals surface area (Å²) in [6, 6.07) is 9.61. The Bertz CT molecular complexity index is 729. The molecule has 0 amide bonds. The van der Waals surface area contributed by atoms with Crippen molar-refractivity contribution in [3.05, 3.63) is 52.0 Å². The molecule has 0 aliphatic carbocycles. The summed E-state index contributed by atoms with van der Waals surface area (Å²) in [4.78, 5) is 0. The van der Waals surface area contributed by atoms with E-state index in [1.807, 2.05) is 6.92 Å². The van der Waals surface area contributed by atoms with Crippen LogP contribution in [0.1, 0.15) is 5.56 Å². The van der Waals surface area contributed by atoms with Gasteiger partial charge < -0.3 is 15.4 Å². The number of hydrogen-bond donors (Lipinski definition) is 2. The molecule has 0 fully saturated rings. The number of thiocarbonyl (C=S) groups is 1. The number of nitrogens with one attached hydrogen (secondary N) is 2. The molecule has 8 heteroatoms. The fraction of sp³-hybridized carbons (Fsp3) is 0.133. The van der Waals surface area contributed by atoms with Crippen LogP contribution in [0.25, 0.3) is 0 Å². The Morgan fingerprint density at radius 3 is 2.48 bits per heavy atom. The monoisotopic (exact) mass is 376 g/mol. The standard InChI is InChI=1S/C15H12Cl2F2N2OS/c1-8-2-5-13(22-14(18)19)12(6-8)21-15(23)20-11-7-9(16)3-4-10(11)17/h2-7,14H,1H3,(H2,20,21,23). The first-order chi connectivity index (χ1) is 10.8. The third-order valence-electron chi connectivity index (χ3n) is 2.78. The Hall–Kier alpha value is -1.63. The van der Waals surface area contributed by atoms with Gasteiger partial charge in [-0.05, 0) is 55.0 Å². The minimum Gasteiger partial charge on any atom is -0.433 e. The number of aryl methyl sites for hydroxylation is 1. The lowest BCUT2D eigenvalue weighted by atomic mass is 10.2. The van der Waals surface area contributed by atoms with Crippen LogP contribution < -0.4 is 15.4 Å². The van der Waals surface area contributed by atoms with Crippen LogP contribution in [0.15, 0.2) is 36.4 Å². The van der Waals surface area contributed by atoms with Gasteiger partial charge in [-0.1, -0.05) is 29.3 Å². The van der Waals surface area contributed by atoms with Crippen LogP contribution in [-0.2, 0) is 0 Å². The Kier molecular flexibility index (Phi) is 5.98. The summed E-state index contributed by atoms with van der Waals surface area (Å²) in [6.45, 7) is -1.11. The van der Waals surface area contributed by atoms with E-state index in [1.165, 1.54) is 6.07 Å². The predicted molar refractivity (Wildman–Crippen MR) is 94.1 cm³/mol. The lowest BCUT2D eigenvalue weighted by molar-refractivity contribution is -0.0493. The maximum absolute atomic E-state index is 12.5. The summed E-state index contributed by atoms with van der Waals surface area (Å²) in [5.41, 5.74) is 1.68. The van der Waals surface area contributed by atoms with Gasteiger partial charge >= 0.3 is 6.61 Å². The third-order valence-corrected chi connectivity index (χ3v) is 3.54. The fourth-order valence-corrected chi connectivity index (χ4v) is 2.37. The van der Waals surface area contributed by atoms with Crippen LogP contribution in [0.2, 0.25) is 10.0 Å². The molecule has 0 aliphatic heterocycles. The molecule has 23 heavy (non-hydrogen) atoms. The molecular formula is C15H12Cl2F2N2OS. The summed E-state index contributed by atoms with van der Waals surface area (Å²) in [6.07, 6.45) is 0. The number of halogens is 4.